The minimum absolute atomic E-state index is 0.379. The molecule has 0 fully saturated rings. The monoisotopic (exact) mass is 233 g/mol. The van der Waals surface area contributed by atoms with E-state index in [1.807, 2.05) is 0 Å². The van der Waals surface area contributed by atoms with Crippen LogP contribution < -0.4 is 5.32 Å². The maximum absolute atomic E-state index is 10.7. The molecule has 0 saturated carbocycles. The zero-order valence-electron chi connectivity index (χ0n) is 9.32. The van der Waals surface area contributed by atoms with E-state index < -0.39 is 9.28 Å². The van der Waals surface area contributed by atoms with Crippen molar-refractivity contribution in [3.63, 3.8) is 0 Å². The molecular weight excluding hydrogens is 214 g/mol. The molecule has 0 aromatic carbocycles. The molecule has 0 spiro atoms. The standard InChI is InChI=1S/C9H19NO4Si/c1-4-9(11)14-7-5-6-10-8-15(12-2)13-3/h4,10,15H,1,5-8H2,2-3H3. The van der Waals surface area contributed by atoms with Gasteiger partial charge in [0.05, 0.1) is 6.61 Å². The van der Waals surface area contributed by atoms with Gasteiger partial charge < -0.3 is 18.9 Å². The Kier molecular flexibility index (Phi) is 9.39. The van der Waals surface area contributed by atoms with Gasteiger partial charge in [0.25, 0.3) is 0 Å². The topological polar surface area (TPSA) is 56.8 Å². The number of nitrogens with one attached hydrogen (secondary N) is 1. The second-order valence-electron chi connectivity index (χ2n) is 2.83. The highest BCUT2D eigenvalue weighted by Crippen LogP contribution is 1.85. The van der Waals surface area contributed by atoms with Crippen LogP contribution in [-0.2, 0) is 18.4 Å². The van der Waals surface area contributed by atoms with Crippen molar-refractivity contribution < 1.29 is 18.4 Å². The van der Waals surface area contributed by atoms with Gasteiger partial charge in [-0.25, -0.2) is 4.79 Å². The third-order valence-corrected chi connectivity index (χ3v) is 3.42. The second kappa shape index (κ2) is 9.85. The molecule has 1 N–H and O–H groups in total. The van der Waals surface area contributed by atoms with Crippen LogP contribution in [0.25, 0.3) is 0 Å². The molecule has 0 amide bonds. The van der Waals surface area contributed by atoms with E-state index in [-0.39, 0.29) is 5.97 Å². The van der Waals surface area contributed by atoms with E-state index in [0.717, 1.165) is 25.2 Å². The zero-order valence-corrected chi connectivity index (χ0v) is 10.5. The lowest BCUT2D eigenvalue weighted by Crippen LogP contribution is -2.35. The Morgan fingerprint density at radius 2 is 2.13 bits per heavy atom. The number of carbonyl (C=O) groups is 1. The van der Waals surface area contributed by atoms with Gasteiger partial charge in [-0.1, -0.05) is 6.58 Å². The molecule has 0 atom stereocenters. The van der Waals surface area contributed by atoms with Crippen LogP contribution in [0.2, 0.25) is 0 Å². The molecular formula is C9H19NO4Si. The molecule has 0 heterocycles. The summed E-state index contributed by atoms with van der Waals surface area (Å²) in [5.41, 5.74) is 0. The molecule has 0 aliphatic rings. The van der Waals surface area contributed by atoms with Crippen LogP contribution in [0.1, 0.15) is 6.42 Å². The van der Waals surface area contributed by atoms with Gasteiger partial charge in [-0.3, -0.25) is 0 Å². The van der Waals surface area contributed by atoms with E-state index in [2.05, 4.69) is 11.9 Å². The maximum atomic E-state index is 10.7. The first kappa shape index (κ1) is 14.3. The summed E-state index contributed by atoms with van der Waals surface area (Å²) in [4.78, 5) is 10.7. The molecule has 0 rings (SSSR count). The fourth-order valence-corrected chi connectivity index (χ4v) is 1.88. The third kappa shape index (κ3) is 8.31. The van der Waals surface area contributed by atoms with E-state index in [1.165, 1.54) is 0 Å². The molecule has 0 unspecified atom stereocenters. The first-order valence-corrected chi connectivity index (χ1v) is 6.56. The van der Waals surface area contributed by atoms with Gasteiger partial charge in [0, 0.05) is 26.5 Å². The van der Waals surface area contributed by atoms with Crippen LogP contribution in [-0.4, -0.2) is 48.8 Å². The molecule has 0 aromatic heterocycles. The van der Waals surface area contributed by atoms with Gasteiger partial charge in [0.1, 0.15) is 0 Å². The van der Waals surface area contributed by atoms with Crippen molar-refractivity contribution in [2.24, 2.45) is 0 Å². The van der Waals surface area contributed by atoms with Gasteiger partial charge in [-0.05, 0) is 13.0 Å². The molecule has 0 aliphatic carbocycles. The summed E-state index contributed by atoms with van der Waals surface area (Å²) in [7, 11) is 1.79. The van der Waals surface area contributed by atoms with E-state index in [9.17, 15) is 4.79 Å². The van der Waals surface area contributed by atoms with Gasteiger partial charge >= 0.3 is 15.3 Å². The number of hydrogen-bond donors (Lipinski definition) is 1. The summed E-state index contributed by atoms with van der Waals surface area (Å²) in [5.74, 6) is -0.379. The fourth-order valence-electron chi connectivity index (χ4n) is 0.912. The normalized spacial score (nSPS) is 10.3. The summed E-state index contributed by atoms with van der Waals surface area (Å²) in [6.45, 7) is 4.49. The van der Waals surface area contributed by atoms with Crippen molar-refractivity contribution in [1.29, 1.82) is 0 Å². The molecule has 88 valence electrons. The molecule has 0 aromatic rings. The summed E-state index contributed by atoms with van der Waals surface area (Å²) in [6.07, 6.45) is 2.68. The Labute approximate surface area is 92.2 Å². The predicted octanol–water partition coefficient (Wildman–Crippen LogP) is -0.252. The Balaban J connectivity index is 3.24. The highest BCUT2D eigenvalue weighted by atomic mass is 28.3. The van der Waals surface area contributed by atoms with Crippen molar-refractivity contribution in [1.82, 2.24) is 5.32 Å². The van der Waals surface area contributed by atoms with Crippen LogP contribution in [0, 0.1) is 0 Å². The predicted molar refractivity (Wildman–Crippen MR) is 59.8 cm³/mol. The SMILES string of the molecule is C=CC(=O)OCCCNC[SiH](OC)OC. The first-order chi connectivity index (χ1) is 7.24. The minimum Gasteiger partial charge on any atom is -0.462 e. The van der Waals surface area contributed by atoms with Crippen molar-refractivity contribution in [2.75, 3.05) is 33.5 Å². The van der Waals surface area contributed by atoms with Crippen LogP contribution >= 0.6 is 0 Å². The maximum Gasteiger partial charge on any atom is 0.335 e. The number of hydrogen-bond acceptors (Lipinski definition) is 5. The minimum atomic E-state index is -1.50. The van der Waals surface area contributed by atoms with Crippen molar-refractivity contribution >= 4 is 15.3 Å². The Morgan fingerprint density at radius 3 is 2.67 bits per heavy atom. The molecule has 5 nitrogen and oxygen atoms in total. The van der Waals surface area contributed by atoms with Crippen LogP contribution in [0.15, 0.2) is 12.7 Å². The average Bonchev–Trinajstić information content (AvgIpc) is 2.28. The summed E-state index contributed by atoms with van der Waals surface area (Å²) >= 11 is 0. The van der Waals surface area contributed by atoms with Crippen LogP contribution in [0.4, 0.5) is 0 Å². The van der Waals surface area contributed by atoms with Crippen molar-refractivity contribution in [3.05, 3.63) is 12.7 Å². The highest BCUT2D eigenvalue weighted by Gasteiger charge is 2.07. The Bertz CT molecular complexity index is 185. The largest absolute Gasteiger partial charge is 0.462 e. The lowest BCUT2D eigenvalue weighted by Gasteiger charge is -2.11. The molecule has 6 heteroatoms. The summed E-state index contributed by atoms with van der Waals surface area (Å²) in [6, 6.07) is 0. The molecule has 0 radical (unpaired) electrons. The van der Waals surface area contributed by atoms with E-state index in [0.29, 0.717) is 6.61 Å². The van der Waals surface area contributed by atoms with E-state index in [1.54, 1.807) is 14.2 Å². The van der Waals surface area contributed by atoms with E-state index in [4.69, 9.17) is 13.6 Å². The van der Waals surface area contributed by atoms with Gasteiger partial charge in [0.15, 0.2) is 0 Å². The average molecular weight is 233 g/mol. The smallest absolute Gasteiger partial charge is 0.335 e. The van der Waals surface area contributed by atoms with E-state index >= 15 is 0 Å². The number of ether oxygens (including phenoxy) is 1. The lowest BCUT2D eigenvalue weighted by molar-refractivity contribution is -0.137. The Hall–Kier alpha value is -0.693. The summed E-state index contributed by atoms with van der Waals surface area (Å²) < 4.78 is 15.0. The molecule has 0 saturated heterocycles. The van der Waals surface area contributed by atoms with Crippen molar-refractivity contribution in [3.8, 4) is 0 Å². The first-order valence-electron chi connectivity index (χ1n) is 4.80. The Morgan fingerprint density at radius 1 is 1.47 bits per heavy atom. The van der Waals surface area contributed by atoms with Crippen molar-refractivity contribution in [2.45, 2.75) is 6.42 Å². The zero-order chi connectivity index (χ0) is 11.5. The third-order valence-electron chi connectivity index (χ3n) is 1.75. The number of rotatable bonds is 9. The molecule has 0 aliphatic heterocycles. The van der Waals surface area contributed by atoms with Gasteiger partial charge in [-0.15, -0.1) is 0 Å². The quantitative estimate of drug-likeness (QED) is 0.257. The van der Waals surface area contributed by atoms with Gasteiger partial charge in [0.2, 0.25) is 0 Å². The summed E-state index contributed by atoms with van der Waals surface area (Å²) in [5, 5.41) is 3.17. The number of carbonyl (C=O) groups excluding carboxylic acids is 1. The van der Waals surface area contributed by atoms with Crippen LogP contribution in [0.5, 0.6) is 0 Å². The second-order valence-corrected chi connectivity index (χ2v) is 5.04. The highest BCUT2D eigenvalue weighted by molar-refractivity contribution is 6.44. The molecule has 0 bridgehead atoms. The fraction of sp³-hybridized carbons (Fsp3) is 0.667. The van der Waals surface area contributed by atoms with Gasteiger partial charge in [-0.2, -0.15) is 0 Å². The molecule has 15 heavy (non-hydrogen) atoms. The lowest BCUT2D eigenvalue weighted by atomic mass is 10.4. The number of esters is 1. The van der Waals surface area contributed by atoms with Crippen LogP contribution in [0.3, 0.4) is 0 Å².